The largest absolute Gasteiger partial charge is 0.324 e. The van der Waals surface area contributed by atoms with Crippen molar-refractivity contribution in [1.29, 1.82) is 0 Å². The monoisotopic (exact) mass is 260 g/mol. The Kier molecular flexibility index (Phi) is 4.03. The van der Waals surface area contributed by atoms with Crippen molar-refractivity contribution in [2.24, 2.45) is 5.73 Å². The lowest BCUT2D eigenvalue weighted by Crippen LogP contribution is -2.38. The topological polar surface area (TPSA) is 29.3 Å². The maximum atomic E-state index is 6.14. The molecule has 2 rings (SSSR count). The van der Waals surface area contributed by atoms with Crippen LogP contribution in [0.15, 0.2) is 24.3 Å². The van der Waals surface area contributed by atoms with E-state index in [1.54, 1.807) is 0 Å². The molecule has 1 aromatic rings. The smallest absolute Gasteiger partial charge is 0.0284 e. The minimum atomic E-state index is 0.130. The van der Waals surface area contributed by atoms with Crippen molar-refractivity contribution in [3.63, 3.8) is 0 Å². The Morgan fingerprint density at radius 3 is 2.21 bits per heavy atom. The molecule has 2 heteroatoms. The summed E-state index contributed by atoms with van der Waals surface area (Å²) < 4.78 is 0. The average Bonchev–Trinajstić information content (AvgIpc) is 3.03. The molecular formula is C17H28N2. The Morgan fingerprint density at radius 1 is 1.16 bits per heavy atom. The van der Waals surface area contributed by atoms with Gasteiger partial charge in [0, 0.05) is 18.6 Å². The van der Waals surface area contributed by atoms with Gasteiger partial charge >= 0.3 is 0 Å². The molecular weight excluding hydrogens is 232 g/mol. The highest BCUT2D eigenvalue weighted by molar-refractivity contribution is 5.27. The molecule has 0 radical (unpaired) electrons. The summed E-state index contributed by atoms with van der Waals surface area (Å²) in [6, 6.07) is 9.06. The second-order valence-electron chi connectivity index (χ2n) is 7.30. The second kappa shape index (κ2) is 5.26. The van der Waals surface area contributed by atoms with E-state index in [0.717, 1.165) is 19.5 Å². The van der Waals surface area contributed by atoms with Gasteiger partial charge in [0.05, 0.1) is 0 Å². The van der Waals surface area contributed by atoms with E-state index in [1.165, 1.54) is 24.0 Å². The van der Waals surface area contributed by atoms with Crippen LogP contribution in [0.4, 0.5) is 0 Å². The first-order chi connectivity index (χ1) is 8.78. The summed E-state index contributed by atoms with van der Waals surface area (Å²) in [4.78, 5) is 2.37. The van der Waals surface area contributed by atoms with E-state index in [4.69, 9.17) is 5.73 Å². The van der Waals surface area contributed by atoms with E-state index in [2.05, 4.69) is 57.0 Å². The predicted molar refractivity (Wildman–Crippen MR) is 82.5 cm³/mol. The van der Waals surface area contributed by atoms with Crippen LogP contribution in [0.1, 0.15) is 44.7 Å². The number of benzene rings is 1. The summed E-state index contributed by atoms with van der Waals surface area (Å²) in [7, 11) is 2.18. The van der Waals surface area contributed by atoms with E-state index in [-0.39, 0.29) is 11.0 Å². The molecule has 0 bridgehead atoms. The van der Waals surface area contributed by atoms with Crippen molar-refractivity contribution < 1.29 is 0 Å². The molecule has 1 aliphatic carbocycles. The summed E-state index contributed by atoms with van der Waals surface area (Å²) in [6.07, 6.45) is 3.49. The van der Waals surface area contributed by atoms with E-state index >= 15 is 0 Å². The molecule has 1 saturated carbocycles. The van der Waals surface area contributed by atoms with Crippen molar-refractivity contribution >= 4 is 0 Å². The van der Waals surface area contributed by atoms with Crippen LogP contribution >= 0.6 is 0 Å². The van der Waals surface area contributed by atoms with Crippen LogP contribution in [-0.4, -0.2) is 30.6 Å². The number of rotatable bonds is 5. The lowest BCUT2D eigenvalue weighted by Gasteiger charge is -2.21. The van der Waals surface area contributed by atoms with Gasteiger partial charge in [-0.1, -0.05) is 45.0 Å². The first kappa shape index (κ1) is 14.5. The Bertz CT molecular complexity index is 410. The van der Waals surface area contributed by atoms with Crippen LogP contribution in [0.25, 0.3) is 0 Å². The summed E-state index contributed by atoms with van der Waals surface area (Å²) >= 11 is 0. The van der Waals surface area contributed by atoms with Gasteiger partial charge in [0.25, 0.3) is 0 Å². The fraction of sp³-hybridized carbons (Fsp3) is 0.647. The molecule has 2 N–H and O–H groups in total. The van der Waals surface area contributed by atoms with Gasteiger partial charge in [-0.2, -0.15) is 0 Å². The maximum absolute atomic E-state index is 6.14. The normalized spacial score (nSPS) is 17.8. The Morgan fingerprint density at radius 2 is 1.74 bits per heavy atom. The van der Waals surface area contributed by atoms with Crippen molar-refractivity contribution in [3.05, 3.63) is 35.4 Å². The summed E-state index contributed by atoms with van der Waals surface area (Å²) in [5.41, 5.74) is 9.34. The molecule has 0 atom stereocenters. The average molecular weight is 260 g/mol. The molecule has 0 saturated heterocycles. The zero-order valence-corrected chi connectivity index (χ0v) is 12.9. The van der Waals surface area contributed by atoms with Crippen LogP contribution in [0.5, 0.6) is 0 Å². The summed E-state index contributed by atoms with van der Waals surface area (Å²) in [5, 5.41) is 0. The number of nitrogens with two attached hydrogens (primary N) is 1. The highest BCUT2D eigenvalue weighted by Gasteiger charge is 2.38. The molecule has 0 amide bonds. The molecule has 0 spiro atoms. The Hall–Kier alpha value is -0.860. The SMILES string of the molecule is CN(CCc1ccc(C(C)(C)C)cc1)CC1(N)CC1. The van der Waals surface area contributed by atoms with Crippen molar-refractivity contribution in [1.82, 2.24) is 4.90 Å². The van der Waals surface area contributed by atoms with E-state index in [0.29, 0.717) is 0 Å². The van der Waals surface area contributed by atoms with Crippen LogP contribution in [0.2, 0.25) is 0 Å². The van der Waals surface area contributed by atoms with Gasteiger partial charge in [0.15, 0.2) is 0 Å². The van der Waals surface area contributed by atoms with E-state index < -0.39 is 0 Å². The molecule has 19 heavy (non-hydrogen) atoms. The van der Waals surface area contributed by atoms with E-state index in [1.807, 2.05) is 0 Å². The van der Waals surface area contributed by atoms with Crippen LogP contribution in [0.3, 0.4) is 0 Å². The van der Waals surface area contributed by atoms with E-state index in [9.17, 15) is 0 Å². The van der Waals surface area contributed by atoms with Crippen molar-refractivity contribution in [2.45, 2.75) is 51.0 Å². The number of hydrogen-bond donors (Lipinski definition) is 1. The molecule has 0 heterocycles. The fourth-order valence-corrected chi connectivity index (χ4v) is 2.43. The number of likely N-dealkylation sites (N-methyl/N-ethyl adjacent to an activating group) is 1. The zero-order chi connectivity index (χ0) is 14.1. The van der Waals surface area contributed by atoms with Gasteiger partial charge in [0.1, 0.15) is 0 Å². The molecule has 0 aromatic heterocycles. The molecule has 1 fully saturated rings. The second-order valence-corrected chi connectivity index (χ2v) is 7.30. The van der Waals surface area contributed by atoms with Gasteiger partial charge in [-0.25, -0.2) is 0 Å². The molecule has 1 aliphatic rings. The lowest BCUT2D eigenvalue weighted by molar-refractivity contribution is 0.306. The van der Waals surface area contributed by atoms with Crippen molar-refractivity contribution in [2.75, 3.05) is 20.1 Å². The highest BCUT2D eigenvalue weighted by Crippen LogP contribution is 2.32. The van der Waals surface area contributed by atoms with Gasteiger partial charge < -0.3 is 10.6 Å². The quantitative estimate of drug-likeness (QED) is 0.882. The maximum Gasteiger partial charge on any atom is 0.0284 e. The molecule has 2 nitrogen and oxygen atoms in total. The Balaban J connectivity index is 1.82. The predicted octanol–water partition coefficient (Wildman–Crippen LogP) is 2.95. The zero-order valence-electron chi connectivity index (χ0n) is 12.9. The van der Waals surface area contributed by atoms with Gasteiger partial charge in [0.2, 0.25) is 0 Å². The lowest BCUT2D eigenvalue weighted by atomic mass is 9.86. The minimum Gasteiger partial charge on any atom is -0.324 e. The molecule has 106 valence electrons. The highest BCUT2D eigenvalue weighted by atomic mass is 15.1. The summed E-state index contributed by atoms with van der Waals surface area (Å²) in [6.45, 7) is 8.89. The van der Waals surface area contributed by atoms with Gasteiger partial charge in [-0.05, 0) is 42.9 Å². The number of nitrogens with zero attached hydrogens (tertiary/aromatic N) is 1. The summed E-state index contributed by atoms with van der Waals surface area (Å²) in [5.74, 6) is 0. The molecule has 1 aromatic carbocycles. The number of hydrogen-bond acceptors (Lipinski definition) is 2. The third-order valence-electron chi connectivity index (χ3n) is 4.08. The van der Waals surface area contributed by atoms with Crippen LogP contribution in [0, 0.1) is 0 Å². The fourth-order valence-electron chi connectivity index (χ4n) is 2.43. The van der Waals surface area contributed by atoms with Gasteiger partial charge in [-0.15, -0.1) is 0 Å². The Labute approximate surface area is 118 Å². The third kappa shape index (κ3) is 4.32. The first-order valence-electron chi connectivity index (χ1n) is 7.35. The molecule has 0 aliphatic heterocycles. The minimum absolute atomic E-state index is 0.130. The first-order valence-corrected chi connectivity index (χ1v) is 7.35. The standard InChI is InChI=1S/C17H28N2/c1-16(2,3)15-7-5-14(6-8-15)9-12-19(4)13-17(18)10-11-17/h5-8H,9-13,18H2,1-4H3. The molecule has 0 unspecified atom stereocenters. The van der Waals surface area contributed by atoms with Crippen LogP contribution in [-0.2, 0) is 11.8 Å². The van der Waals surface area contributed by atoms with Gasteiger partial charge in [-0.3, -0.25) is 0 Å². The van der Waals surface area contributed by atoms with Crippen molar-refractivity contribution in [3.8, 4) is 0 Å². The van der Waals surface area contributed by atoms with Crippen LogP contribution < -0.4 is 5.73 Å². The third-order valence-corrected chi connectivity index (χ3v) is 4.08.